The van der Waals surface area contributed by atoms with Crippen LogP contribution in [-0.2, 0) is 6.42 Å². The van der Waals surface area contributed by atoms with Gasteiger partial charge in [-0.25, -0.2) is 0 Å². The summed E-state index contributed by atoms with van der Waals surface area (Å²) in [6.07, 6.45) is 0.912. The number of ketones is 1. The number of H-pyrrole nitrogens is 1. The van der Waals surface area contributed by atoms with Gasteiger partial charge in [-0.3, -0.25) is 19.2 Å². The van der Waals surface area contributed by atoms with Crippen molar-refractivity contribution >= 4 is 23.3 Å². The Labute approximate surface area is 162 Å². The Morgan fingerprint density at radius 3 is 2.50 bits per heavy atom. The Balaban J connectivity index is 1.99. The zero-order valence-electron chi connectivity index (χ0n) is 16.4. The largest absolute Gasteiger partial charge is 0.355 e. The molecule has 0 saturated carbocycles. The second-order valence-corrected chi connectivity index (χ2v) is 7.88. The Morgan fingerprint density at radius 2 is 1.82 bits per heavy atom. The van der Waals surface area contributed by atoms with Crippen LogP contribution in [0.15, 0.2) is 29.1 Å². The number of rotatable bonds is 3. The molecule has 0 spiro atoms. The molecule has 0 aliphatic heterocycles. The highest BCUT2D eigenvalue weighted by Crippen LogP contribution is 2.33. The molecule has 0 bridgehead atoms. The van der Waals surface area contributed by atoms with E-state index in [9.17, 15) is 19.2 Å². The molecule has 1 aliphatic rings. The molecule has 1 aromatic heterocycles. The summed E-state index contributed by atoms with van der Waals surface area (Å²) in [6.45, 7) is 5.68. The fourth-order valence-corrected chi connectivity index (χ4v) is 3.58. The average Bonchev–Trinajstić information content (AvgIpc) is 2.59. The monoisotopic (exact) mass is 381 g/mol. The summed E-state index contributed by atoms with van der Waals surface area (Å²) in [5.74, 6) is -1.11. The third kappa shape index (κ3) is 3.60. The average molecular weight is 381 g/mol. The van der Waals surface area contributed by atoms with E-state index in [2.05, 4.69) is 15.6 Å². The number of aryl methyl sites for hydroxylation is 1. The summed E-state index contributed by atoms with van der Waals surface area (Å²) in [7, 11) is 1.50. The van der Waals surface area contributed by atoms with Gasteiger partial charge in [-0.15, -0.1) is 0 Å². The second-order valence-electron chi connectivity index (χ2n) is 7.88. The van der Waals surface area contributed by atoms with Gasteiger partial charge in [0.2, 0.25) is 0 Å². The van der Waals surface area contributed by atoms with Crippen LogP contribution in [-0.4, -0.2) is 29.6 Å². The van der Waals surface area contributed by atoms with Crippen molar-refractivity contribution in [2.24, 2.45) is 5.41 Å². The van der Waals surface area contributed by atoms with E-state index >= 15 is 0 Å². The van der Waals surface area contributed by atoms with Crippen molar-refractivity contribution in [2.45, 2.75) is 33.6 Å². The van der Waals surface area contributed by atoms with Crippen LogP contribution in [0.1, 0.15) is 62.6 Å². The van der Waals surface area contributed by atoms with Crippen LogP contribution in [0, 0.1) is 12.3 Å². The minimum atomic E-state index is -0.669. The van der Waals surface area contributed by atoms with Crippen LogP contribution in [0.2, 0.25) is 0 Å². The van der Waals surface area contributed by atoms with Gasteiger partial charge in [-0.2, -0.15) is 0 Å². The molecule has 3 rings (SSSR count). The SMILES string of the molecule is CNC(=O)c1c(C)cccc1NC(=O)c1cc2c([nH]c1=O)CC(C)(C)CC2=O. The number of carbonyl (C=O) groups is 3. The standard InChI is InChI=1S/C21H23N3O4/c1-11-6-5-7-14(17(11)20(28)22-4)23-18(26)13-8-12-15(24-19(13)27)9-21(2,3)10-16(12)25/h5-8H,9-10H2,1-4H3,(H,22,28)(H,23,26)(H,24,27). The predicted octanol–water partition coefficient (Wildman–Crippen LogP) is 2.45. The van der Waals surface area contributed by atoms with Crippen molar-refractivity contribution in [3.05, 3.63) is 62.6 Å². The lowest BCUT2D eigenvalue weighted by Gasteiger charge is -2.29. The molecule has 28 heavy (non-hydrogen) atoms. The highest BCUT2D eigenvalue weighted by atomic mass is 16.2. The van der Waals surface area contributed by atoms with Gasteiger partial charge in [0.25, 0.3) is 17.4 Å². The van der Waals surface area contributed by atoms with E-state index in [0.717, 1.165) is 0 Å². The normalized spacial score (nSPS) is 14.9. The van der Waals surface area contributed by atoms with E-state index in [1.54, 1.807) is 25.1 Å². The van der Waals surface area contributed by atoms with Gasteiger partial charge in [0.15, 0.2) is 5.78 Å². The molecule has 7 heteroatoms. The number of hydrogen-bond donors (Lipinski definition) is 3. The third-order valence-electron chi connectivity index (χ3n) is 4.94. The molecule has 0 radical (unpaired) electrons. The number of nitrogens with one attached hydrogen (secondary N) is 3. The Morgan fingerprint density at radius 1 is 1.11 bits per heavy atom. The Hall–Kier alpha value is -3.22. The summed E-state index contributed by atoms with van der Waals surface area (Å²) in [6, 6.07) is 6.42. The summed E-state index contributed by atoms with van der Waals surface area (Å²) >= 11 is 0. The number of amides is 2. The zero-order valence-corrected chi connectivity index (χ0v) is 16.4. The Bertz CT molecular complexity index is 1050. The van der Waals surface area contributed by atoms with Crippen LogP contribution in [0.3, 0.4) is 0 Å². The van der Waals surface area contributed by atoms with Gasteiger partial charge in [0.1, 0.15) is 5.56 Å². The van der Waals surface area contributed by atoms with Crippen LogP contribution in [0.5, 0.6) is 0 Å². The maximum Gasteiger partial charge on any atom is 0.261 e. The highest BCUT2D eigenvalue weighted by Gasteiger charge is 2.32. The van der Waals surface area contributed by atoms with Crippen molar-refractivity contribution in [1.29, 1.82) is 0 Å². The number of aromatic nitrogens is 1. The van der Waals surface area contributed by atoms with Crippen LogP contribution in [0.25, 0.3) is 0 Å². The van der Waals surface area contributed by atoms with E-state index < -0.39 is 11.5 Å². The van der Waals surface area contributed by atoms with Gasteiger partial charge in [-0.1, -0.05) is 26.0 Å². The van der Waals surface area contributed by atoms with Crippen LogP contribution < -0.4 is 16.2 Å². The smallest absolute Gasteiger partial charge is 0.261 e. The number of Topliss-reactive ketones (excluding diaryl/α,β-unsaturated/α-hetero) is 1. The maximum absolute atomic E-state index is 12.8. The number of fused-ring (bicyclic) bond motifs is 1. The molecule has 0 unspecified atom stereocenters. The first kappa shape index (κ1) is 19.5. The first-order chi connectivity index (χ1) is 13.1. The maximum atomic E-state index is 12.8. The van der Waals surface area contributed by atoms with Crippen molar-refractivity contribution in [3.63, 3.8) is 0 Å². The van der Waals surface area contributed by atoms with Crippen molar-refractivity contribution < 1.29 is 14.4 Å². The lowest BCUT2D eigenvalue weighted by Crippen LogP contribution is -2.33. The summed E-state index contributed by atoms with van der Waals surface area (Å²) in [4.78, 5) is 52.5. The molecule has 2 amide bonds. The number of pyridine rings is 1. The molecule has 1 heterocycles. The first-order valence-corrected chi connectivity index (χ1v) is 9.05. The zero-order chi connectivity index (χ0) is 20.6. The molecule has 3 N–H and O–H groups in total. The quantitative estimate of drug-likeness (QED) is 0.759. The number of aromatic amines is 1. The number of benzene rings is 1. The number of hydrogen-bond acceptors (Lipinski definition) is 4. The van der Waals surface area contributed by atoms with Gasteiger partial charge in [0.05, 0.1) is 11.3 Å². The van der Waals surface area contributed by atoms with E-state index in [1.165, 1.54) is 13.1 Å². The topological polar surface area (TPSA) is 108 Å². The molecule has 0 fully saturated rings. The van der Waals surface area contributed by atoms with Gasteiger partial charge in [-0.05, 0) is 36.5 Å². The van der Waals surface area contributed by atoms with Gasteiger partial charge in [0, 0.05) is 24.7 Å². The van der Waals surface area contributed by atoms with Crippen molar-refractivity contribution in [3.8, 4) is 0 Å². The minimum Gasteiger partial charge on any atom is -0.355 e. The fourth-order valence-electron chi connectivity index (χ4n) is 3.58. The Kier molecular flexibility index (Phi) is 4.93. The highest BCUT2D eigenvalue weighted by molar-refractivity contribution is 6.10. The molecule has 1 aliphatic carbocycles. The molecule has 146 valence electrons. The molecule has 0 atom stereocenters. The summed E-state index contributed by atoms with van der Waals surface area (Å²) < 4.78 is 0. The molecular formula is C21H23N3O4. The van der Waals surface area contributed by atoms with Crippen molar-refractivity contribution in [1.82, 2.24) is 10.3 Å². The molecule has 2 aromatic rings. The second kappa shape index (κ2) is 7.07. The van der Waals surface area contributed by atoms with E-state index in [1.807, 2.05) is 13.8 Å². The van der Waals surface area contributed by atoms with Crippen LogP contribution in [0.4, 0.5) is 5.69 Å². The minimum absolute atomic E-state index is 0.0989. The van der Waals surface area contributed by atoms with E-state index in [-0.39, 0.29) is 22.7 Å². The van der Waals surface area contributed by atoms with E-state index in [0.29, 0.717) is 40.9 Å². The molecule has 1 aromatic carbocycles. The van der Waals surface area contributed by atoms with Crippen LogP contribution >= 0.6 is 0 Å². The predicted molar refractivity (Wildman–Crippen MR) is 106 cm³/mol. The first-order valence-electron chi connectivity index (χ1n) is 9.05. The lowest BCUT2D eigenvalue weighted by molar-refractivity contribution is 0.0908. The lowest BCUT2D eigenvalue weighted by atomic mass is 9.75. The van der Waals surface area contributed by atoms with Crippen molar-refractivity contribution in [2.75, 3.05) is 12.4 Å². The number of carbonyl (C=O) groups excluding carboxylic acids is 3. The molecular weight excluding hydrogens is 358 g/mol. The van der Waals surface area contributed by atoms with Gasteiger partial charge < -0.3 is 15.6 Å². The van der Waals surface area contributed by atoms with E-state index in [4.69, 9.17) is 0 Å². The summed E-state index contributed by atoms with van der Waals surface area (Å²) in [5, 5.41) is 5.17. The third-order valence-corrected chi connectivity index (χ3v) is 4.94. The molecule has 0 saturated heterocycles. The fraction of sp³-hybridized carbons (Fsp3) is 0.333. The summed E-state index contributed by atoms with van der Waals surface area (Å²) in [5.41, 5.74) is 1.30. The van der Waals surface area contributed by atoms with Gasteiger partial charge >= 0.3 is 0 Å². The number of anilines is 1. The molecule has 7 nitrogen and oxygen atoms in total.